The van der Waals surface area contributed by atoms with Crippen LogP contribution in [-0.2, 0) is 23.8 Å². The van der Waals surface area contributed by atoms with Gasteiger partial charge >= 0.3 is 18.0 Å². The Balaban J connectivity index is 1.20. The van der Waals surface area contributed by atoms with E-state index >= 15 is 0 Å². The van der Waals surface area contributed by atoms with Crippen LogP contribution in [0.4, 0.5) is 4.79 Å². The van der Waals surface area contributed by atoms with Gasteiger partial charge in [0.25, 0.3) is 0 Å². The number of ether oxygens (including phenoxy) is 3. The third-order valence-electron chi connectivity index (χ3n) is 6.03. The maximum absolute atomic E-state index is 12.1. The van der Waals surface area contributed by atoms with Crippen LogP contribution in [0.1, 0.15) is 36.3 Å². The number of carboxylic acids is 2. The summed E-state index contributed by atoms with van der Waals surface area (Å²) in [4.78, 5) is 33.8. The van der Waals surface area contributed by atoms with Crippen LogP contribution >= 0.6 is 0 Å². The second-order valence-electron chi connectivity index (χ2n) is 8.61. The van der Waals surface area contributed by atoms with Crippen LogP contribution in [0.15, 0.2) is 48.5 Å². The zero-order valence-electron chi connectivity index (χ0n) is 20.7. The van der Waals surface area contributed by atoms with E-state index in [9.17, 15) is 14.4 Å². The van der Waals surface area contributed by atoms with E-state index in [1.54, 1.807) is 0 Å². The van der Waals surface area contributed by atoms with Gasteiger partial charge in [0.2, 0.25) is 0 Å². The van der Waals surface area contributed by atoms with Crippen molar-refractivity contribution in [3.05, 3.63) is 59.7 Å². The molecule has 1 atom stereocenters. The number of nitrogens with one attached hydrogen (secondary N) is 2. The molecule has 0 saturated heterocycles. The Bertz CT molecular complexity index is 999. The fourth-order valence-electron chi connectivity index (χ4n) is 4.23. The molecule has 0 radical (unpaired) electrons. The lowest BCUT2D eigenvalue weighted by molar-refractivity contribution is -0.140. The molecule has 0 bridgehead atoms. The molecule has 10 heteroatoms. The first-order valence-electron chi connectivity index (χ1n) is 12.4. The molecular formula is C27H34N2O8. The smallest absolute Gasteiger partial charge is 0.407 e. The van der Waals surface area contributed by atoms with Crippen LogP contribution < -0.4 is 10.6 Å². The van der Waals surface area contributed by atoms with Crippen molar-refractivity contribution in [1.29, 1.82) is 0 Å². The molecule has 4 N–H and O–H groups in total. The molecule has 37 heavy (non-hydrogen) atoms. The predicted octanol–water partition coefficient (Wildman–Crippen LogP) is 2.86. The maximum Gasteiger partial charge on any atom is 0.407 e. The first kappa shape index (κ1) is 28.1. The molecule has 200 valence electrons. The average molecular weight is 515 g/mol. The van der Waals surface area contributed by atoms with E-state index in [1.807, 2.05) is 24.3 Å². The van der Waals surface area contributed by atoms with Gasteiger partial charge in [-0.15, -0.1) is 0 Å². The van der Waals surface area contributed by atoms with Crippen LogP contribution in [-0.4, -0.2) is 80.4 Å². The van der Waals surface area contributed by atoms with Crippen LogP contribution in [0.5, 0.6) is 0 Å². The third kappa shape index (κ3) is 8.85. The Hall–Kier alpha value is -3.47. The number of aliphatic carboxylic acids is 2. The van der Waals surface area contributed by atoms with Gasteiger partial charge in [0.1, 0.15) is 12.6 Å². The molecule has 1 amide bonds. The number of carbonyl (C=O) groups excluding carboxylic acids is 1. The summed E-state index contributed by atoms with van der Waals surface area (Å²) in [7, 11) is 0. The predicted molar refractivity (Wildman–Crippen MR) is 136 cm³/mol. The van der Waals surface area contributed by atoms with E-state index in [-0.39, 0.29) is 25.4 Å². The highest BCUT2D eigenvalue weighted by atomic mass is 16.6. The van der Waals surface area contributed by atoms with Gasteiger partial charge in [-0.25, -0.2) is 4.79 Å². The monoisotopic (exact) mass is 514 g/mol. The van der Waals surface area contributed by atoms with Gasteiger partial charge in [0.15, 0.2) is 0 Å². The molecule has 0 unspecified atom stereocenters. The minimum Gasteiger partial charge on any atom is -0.481 e. The molecule has 10 nitrogen and oxygen atoms in total. The summed E-state index contributed by atoms with van der Waals surface area (Å²) in [6.07, 6.45) is -0.0744. The number of benzene rings is 2. The zero-order valence-corrected chi connectivity index (χ0v) is 20.7. The molecule has 0 fully saturated rings. The number of hydrogen-bond acceptors (Lipinski definition) is 7. The molecule has 0 aliphatic heterocycles. The van der Waals surface area contributed by atoms with E-state index in [0.717, 1.165) is 11.1 Å². The van der Waals surface area contributed by atoms with Crippen molar-refractivity contribution in [1.82, 2.24) is 10.6 Å². The molecule has 2 aromatic rings. The fourth-order valence-corrected chi connectivity index (χ4v) is 4.23. The first-order chi connectivity index (χ1) is 18.0. The van der Waals surface area contributed by atoms with Crippen LogP contribution in [0.3, 0.4) is 0 Å². The largest absolute Gasteiger partial charge is 0.481 e. The van der Waals surface area contributed by atoms with Gasteiger partial charge < -0.3 is 35.1 Å². The second-order valence-corrected chi connectivity index (χ2v) is 8.61. The summed E-state index contributed by atoms with van der Waals surface area (Å²) in [6.45, 7) is 2.44. The van der Waals surface area contributed by atoms with E-state index in [2.05, 4.69) is 34.9 Å². The van der Waals surface area contributed by atoms with Gasteiger partial charge in [-0.05, 0) is 41.6 Å². The van der Waals surface area contributed by atoms with Crippen molar-refractivity contribution in [3.8, 4) is 11.1 Å². The Labute approximate surface area is 215 Å². The lowest BCUT2D eigenvalue weighted by atomic mass is 9.98. The normalized spacial score (nSPS) is 13.0. The second kappa shape index (κ2) is 14.9. The van der Waals surface area contributed by atoms with Gasteiger partial charge in [-0.2, -0.15) is 0 Å². The number of fused-ring (bicyclic) bond motifs is 3. The van der Waals surface area contributed by atoms with E-state index in [1.165, 1.54) is 11.1 Å². The Morgan fingerprint density at radius 2 is 1.46 bits per heavy atom. The quantitative estimate of drug-likeness (QED) is 0.234. The van der Waals surface area contributed by atoms with Crippen LogP contribution in [0.2, 0.25) is 0 Å². The first-order valence-corrected chi connectivity index (χ1v) is 12.4. The van der Waals surface area contributed by atoms with Gasteiger partial charge in [0, 0.05) is 25.5 Å². The highest BCUT2D eigenvalue weighted by Crippen LogP contribution is 2.44. The average Bonchev–Trinajstić information content (AvgIpc) is 3.21. The number of carbonyl (C=O) groups is 3. The number of hydrogen-bond donors (Lipinski definition) is 4. The third-order valence-corrected chi connectivity index (χ3v) is 6.03. The number of carboxylic acid groups (broad SMARTS) is 2. The summed E-state index contributed by atoms with van der Waals surface area (Å²) in [5.41, 5.74) is 4.68. The topological polar surface area (TPSA) is 143 Å². The van der Waals surface area contributed by atoms with E-state index < -0.39 is 24.1 Å². The van der Waals surface area contributed by atoms with Crippen molar-refractivity contribution in [3.63, 3.8) is 0 Å². The Morgan fingerprint density at radius 3 is 2.08 bits per heavy atom. The lowest BCUT2D eigenvalue weighted by Gasteiger charge is -2.14. The summed E-state index contributed by atoms with van der Waals surface area (Å²) in [6, 6.07) is 15.5. The minimum absolute atomic E-state index is 0.0153. The van der Waals surface area contributed by atoms with Crippen LogP contribution in [0, 0.1) is 0 Å². The standard InChI is InChI=1S/C27H34N2O8/c30-25(31)11-10-24(26(32)33)28-12-5-14-35-16-17-36-15-13-29-27(34)37-18-23-21-8-3-1-6-19(21)20-7-2-4-9-22(20)23/h1-4,6-9,23-24,28H,5,10-18H2,(H,29,34)(H,30,31)(H,32,33)/t24-/m0/s1. The number of amides is 1. The summed E-state index contributed by atoms with van der Waals surface area (Å²) in [5, 5.41) is 23.2. The number of rotatable bonds is 17. The number of alkyl carbamates (subject to hydrolysis) is 1. The van der Waals surface area contributed by atoms with E-state index in [4.69, 9.17) is 24.4 Å². The summed E-state index contributed by atoms with van der Waals surface area (Å²) in [5.74, 6) is -2.08. The zero-order chi connectivity index (χ0) is 26.5. The van der Waals surface area contributed by atoms with Crippen molar-refractivity contribution in [2.24, 2.45) is 0 Å². The highest BCUT2D eigenvalue weighted by Gasteiger charge is 2.28. The van der Waals surface area contributed by atoms with E-state index in [0.29, 0.717) is 45.9 Å². The van der Waals surface area contributed by atoms with Crippen molar-refractivity contribution >= 4 is 18.0 Å². The Morgan fingerprint density at radius 1 is 0.838 bits per heavy atom. The molecule has 2 aromatic carbocycles. The molecule has 3 rings (SSSR count). The lowest BCUT2D eigenvalue weighted by Crippen LogP contribution is -2.38. The van der Waals surface area contributed by atoms with Gasteiger partial charge in [-0.1, -0.05) is 48.5 Å². The summed E-state index contributed by atoms with van der Waals surface area (Å²) >= 11 is 0. The Kier molecular flexibility index (Phi) is 11.3. The SMILES string of the molecule is O=C(O)CC[C@H](NCCCOCCOCCNC(=O)OCC1c2ccccc2-c2ccccc21)C(=O)O. The fraction of sp³-hybridized carbons (Fsp3) is 0.444. The van der Waals surface area contributed by atoms with Gasteiger partial charge in [0.05, 0.1) is 19.8 Å². The molecule has 1 aliphatic carbocycles. The maximum atomic E-state index is 12.1. The molecular weight excluding hydrogens is 480 g/mol. The van der Waals surface area contributed by atoms with Crippen molar-refractivity contribution < 1.29 is 38.8 Å². The molecule has 0 aromatic heterocycles. The molecule has 0 saturated carbocycles. The van der Waals surface area contributed by atoms with Crippen molar-refractivity contribution in [2.75, 3.05) is 46.1 Å². The minimum atomic E-state index is -1.07. The van der Waals surface area contributed by atoms with Gasteiger partial charge in [-0.3, -0.25) is 9.59 Å². The van der Waals surface area contributed by atoms with Crippen molar-refractivity contribution in [2.45, 2.75) is 31.2 Å². The molecule has 1 aliphatic rings. The molecule has 0 spiro atoms. The van der Waals surface area contributed by atoms with Crippen LogP contribution in [0.25, 0.3) is 11.1 Å². The highest BCUT2D eigenvalue weighted by molar-refractivity contribution is 5.79. The molecule has 0 heterocycles. The summed E-state index contributed by atoms with van der Waals surface area (Å²) < 4.78 is 16.4.